The highest BCUT2D eigenvalue weighted by molar-refractivity contribution is 6.16. The number of halogens is 1. The van der Waals surface area contributed by atoms with Crippen LogP contribution in [0.5, 0.6) is 0 Å². The van der Waals surface area contributed by atoms with Gasteiger partial charge in [-0.25, -0.2) is 9.97 Å². The molecule has 92 valence electrons. The van der Waals surface area contributed by atoms with Gasteiger partial charge in [-0.15, -0.1) is 11.6 Å². The SMILES string of the molecule is Cc1cnc(C2CCc3ccccc32)nc1CCl. The minimum absolute atomic E-state index is 0.337. The Kier molecular flexibility index (Phi) is 3.04. The molecule has 0 bridgehead atoms. The third kappa shape index (κ3) is 1.91. The quantitative estimate of drug-likeness (QED) is 0.769. The maximum atomic E-state index is 5.92. The summed E-state index contributed by atoms with van der Waals surface area (Å²) in [4.78, 5) is 9.13. The van der Waals surface area contributed by atoms with Crippen LogP contribution in [0.3, 0.4) is 0 Å². The lowest BCUT2D eigenvalue weighted by Gasteiger charge is -2.12. The Hall–Kier alpha value is -1.41. The summed E-state index contributed by atoms with van der Waals surface area (Å²) in [5.74, 6) is 1.71. The van der Waals surface area contributed by atoms with Crippen LogP contribution in [-0.2, 0) is 12.3 Å². The van der Waals surface area contributed by atoms with Crippen molar-refractivity contribution in [3.63, 3.8) is 0 Å². The van der Waals surface area contributed by atoms with E-state index in [2.05, 4.69) is 34.2 Å². The van der Waals surface area contributed by atoms with Crippen molar-refractivity contribution in [2.75, 3.05) is 0 Å². The molecule has 0 aliphatic heterocycles. The lowest BCUT2D eigenvalue weighted by atomic mass is 10.0. The van der Waals surface area contributed by atoms with E-state index in [0.29, 0.717) is 11.8 Å². The first-order chi connectivity index (χ1) is 8.79. The lowest BCUT2D eigenvalue weighted by Crippen LogP contribution is -2.06. The molecule has 1 aliphatic rings. The van der Waals surface area contributed by atoms with Gasteiger partial charge in [0.25, 0.3) is 0 Å². The van der Waals surface area contributed by atoms with Crippen LogP contribution in [-0.4, -0.2) is 9.97 Å². The number of aryl methyl sites for hydroxylation is 2. The number of rotatable bonds is 2. The Bertz CT molecular complexity index is 580. The van der Waals surface area contributed by atoms with Crippen LogP contribution in [0.1, 0.15) is 40.5 Å². The Morgan fingerprint density at radius 3 is 3.00 bits per heavy atom. The molecular weight excluding hydrogens is 244 g/mol. The molecule has 0 spiro atoms. The zero-order valence-electron chi connectivity index (χ0n) is 10.4. The van der Waals surface area contributed by atoms with Crippen molar-refractivity contribution in [3.8, 4) is 0 Å². The van der Waals surface area contributed by atoms with Gasteiger partial charge >= 0.3 is 0 Å². The highest BCUT2D eigenvalue weighted by atomic mass is 35.5. The van der Waals surface area contributed by atoms with Crippen LogP contribution >= 0.6 is 11.6 Å². The van der Waals surface area contributed by atoms with Gasteiger partial charge < -0.3 is 0 Å². The van der Waals surface area contributed by atoms with Crippen molar-refractivity contribution >= 4 is 11.6 Å². The molecule has 1 aliphatic carbocycles. The highest BCUT2D eigenvalue weighted by Gasteiger charge is 2.25. The number of hydrogen-bond donors (Lipinski definition) is 0. The second kappa shape index (κ2) is 4.69. The van der Waals surface area contributed by atoms with Crippen molar-refractivity contribution < 1.29 is 0 Å². The molecular formula is C15H15ClN2. The van der Waals surface area contributed by atoms with Crippen LogP contribution in [0.4, 0.5) is 0 Å². The normalized spacial score (nSPS) is 17.8. The Labute approximate surface area is 112 Å². The fourth-order valence-corrected chi connectivity index (χ4v) is 2.89. The molecule has 0 radical (unpaired) electrons. The number of nitrogens with zero attached hydrogens (tertiary/aromatic N) is 2. The second-order valence-electron chi connectivity index (χ2n) is 4.78. The second-order valence-corrected chi connectivity index (χ2v) is 5.05. The molecule has 1 aromatic carbocycles. The van der Waals surface area contributed by atoms with Gasteiger partial charge in [0.15, 0.2) is 0 Å². The average Bonchev–Trinajstić information content (AvgIpc) is 2.83. The zero-order chi connectivity index (χ0) is 12.5. The molecule has 1 unspecified atom stereocenters. The van der Waals surface area contributed by atoms with Crippen molar-refractivity contribution in [2.24, 2.45) is 0 Å². The van der Waals surface area contributed by atoms with Gasteiger partial charge in [0, 0.05) is 12.1 Å². The van der Waals surface area contributed by atoms with Gasteiger partial charge in [-0.2, -0.15) is 0 Å². The van der Waals surface area contributed by atoms with E-state index in [9.17, 15) is 0 Å². The Balaban J connectivity index is 2.02. The van der Waals surface area contributed by atoms with Gasteiger partial charge in [-0.1, -0.05) is 24.3 Å². The molecule has 2 nitrogen and oxygen atoms in total. The van der Waals surface area contributed by atoms with E-state index in [0.717, 1.165) is 29.9 Å². The largest absolute Gasteiger partial charge is 0.240 e. The van der Waals surface area contributed by atoms with Crippen molar-refractivity contribution in [1.29, 1.82) is 0 Å². The van der Waals surface area contributed by atoms with E-state index >= 15 is 0 Å². The van der Waals surface area contributed by atoms with Crippen LogP contribution in [0, 0.1) is 6.92 Å². The standard InChI is InChI=1S/C15H15ClN2/c1-10-9-17-15(18-14(10)8-16)13-7-6-11-4-2-3-5-12(11)13/h2-5,9,13H,6-8H2,1H3. The van der Waals surface area contributed by atoms with Gasteiger partial charge in [0.1, 0.15) is 5.82 Å². The van der Waals surface area contributed by atoms with E-state index in [1.54, 1.807) is 0 Å². The van der Waals surface area contributed by atoms with Crippen molar-refractivity contribution in [3.05, 3.63) is 58.7 Å². The summed E-state index contributed by atoms with van der Waals surface area (Å²) in [5.41, 5.74) is 4.83. The first kappa shape index (κ1) is 11.7. The monoisotopic (exact) mass is 258 g/mol. The minimum Gasteiger partial charge on any atom is -0.240 e. The number of hydrogen-bond acceptors (Lipinski definition) is 2. The van der Waals surface area contributed by atoms with E-state index in [4.69, 9.17) is 11.6 Å². The average molecular weight is 259 g/mol. The fraction of sp³-hybridized carbons (Fsp3) is 0.333. The van der Waals surface area contributed by atoms with Crippen molar-refractivity contribution in [2.45, 2.75) is 31.6 Å². The van der Waals surface area contributed by atoms with Crippen LogP contribution in [0.25, 0.3) is 0 Å². The summed E-state index contributed by atoms with van der Waals surface area (Å²) < 4.78 is 0. The van der Waals surface area contributed by atoms with Crippen LogP contribution in [0.2, 0.25) is 0 Å². The molecule has 2 aromatic rings. The molecule has 0 saturated carbocycles. The molecule has 0 saturated heterocycles. The van der Waals surface area contributed by atoms with Gasteiger partial charge in [0.05, 0.1) is 11.6 Å². The number of fused-ring (bicyclic) bond motifs is 1. The topological polar surface area (TPSA) is 25.8 Å². The summed E-state index contributed by atoms with van der Waals surface area (Å²) in [7, 11) is 0. The predicted molar refractivity (Wildman–Crippen MR) is 72.9 cm³/mol. The smallest absolute Gasteiger partial charge is 0.136 e. The number of benzene rings is 1. The van der Waals surface area contributed by atoms with Gasteiger partial charge in [-0.3, -0.25) is 0 Å². The van der Waals surface area contributed by atoms with E-state index in [1.807, 2.05) is 13.1 Å². The predicted octanol–water partition coefficient (Wildman–Crippen LogP) is 3.60. The fourth-order valence-electron chi connectivity index (χ4n) is 2.62. The molecule has 1 heterocycles. The Morgan fingerprint density at radius 1 is 1.33 bits per heavy atom. The lowest BCUT2D eigenvalue weighted by molar-refractivity contribution is 0.720. The molecule has 3 heteroatoms. The maximum absolute atomic E-state index is 5.92. The third-order valence-corrected chi connectivity index (χ3v) is 3.92. The molecule has 1 aromatic heterocycles. The zero-order valence-corrected chi connectivity index (χ0v) is 11.1. The molecule has 1 atom stereocenters. The number of aromatic nitrogens is 2. The molecule has 0 fully saturated rings. The van der Waals surface area contributed by atoms with Crippen LogP contribution < -0.4 is 0 Å². The Morgan fingerprint density at radius 2 is 2.17 bits per heavy atom. The summed E-state index contributed by atoms with van der Waals surface area (Å²) >= 11 is 5.92. The maximum Gasteiger partial charge on any atom is 0.136 e. The first-order valence-corrected chi connectivity index (χ1v) is 6.79. The van der Waals surface area contributed by atoms with E-state index in [-0.39, 0.29) is 0 Å². The van der Waals surface area contributed by atoms with Gasteiger partial charge in [0.2, 0.25) is 0 Å². The van der Waals surface area contributed by atoms with Crippen molar-refractivity contribution in [1.82, 2.24) is 9.97 Å². The summed E-state index contributed by atoms with van der Waals surface area (Å²) in [6.45, 7) is 2.00. The molecule has 18 heavy (non-hydrogen) atoms. The molecule has 3 rings (SSSR count). The summed E-state index contributed by atoms with van der Waals surface area (Å²) in [6.07, 6.45) is 4.11. The number of alkyl halides is 1. The van der Waals surface area contributed by atoms with E-state index < -0.39 is 0 Å². The summed E-state index contributed by atoms with van der Waals surface area (Å²) in [5, 5.41) is 0. The third-order valence-electron chi connectivity index (χ3n) is 3.67. The van der Waals surface area contributed by atoms with Gasteiger partial charge in [-0.05, 0) is 36.5 Å². The first-order valence-electron chi connectivity index (χ1n) is 6.26. The minimum atomic E-state index is 0.337. The summed E-state index contributed by atoms with van der Waals surface area (Å²) in [6, 6.07) is 8.58. The highest BCUT2D eigenvalue weighted by Crippen LogP contribution is 2.36. The molecule has 0 amide bonds. The van der Waals surface area contributed by atoms with E-state index in [1.165, 1.54) is 11.1 Å². The molecule has 0 N–H and O–H groups in total. The van der Waals surface area contributed by atoms with Crippen LogP contribution in [0.15, 0.2) is 30.5 Å².